The van der Waals surface area contributed by atoms with Gasteiger partial charge in [0.2, 0.25) is 0 Å². The van der Waals surface area contributed by atoms with Crippen LogP contribution in [0.1, 0.15) is 30.0 Å². The Bertz CT molecular complexity index is 1300. The number of piperidine rings is 1. The number of hydrogen-bond acceptors (Lipinski definition) is 5. The topological polar surface area (TPSA) is 75.4 Å². The zero-order valence-electron chi connectivity index (χ0n) is 17.7. The molecule has 1 N–H and O–H groups in total. The summed E-state index contributed by atoms with van der Waals surface area (Å²) in [6.45, 7) is 2.03. The Morgan fingerprint density at radius 2 is 2.09 bits per heavy atom. The zero-order chi connectivity index (χ0) is 22.8. The van der Waals surface area contributed by atoms with Crippen molar-refractivity contribution in [2.75, 3.05) is 18.4 Å². The molecule has 1 saturated heterocycles. The average molecular weight is 546 g/mol. The summed E-state index contributed by atoms with van der Waals surface area (Å²) in [6.07, 6.45) is 7.27. The molecule has 0 amide bonds. The van der Waals surface area contributed by atoms with E-state index in [0.29, 0.717) is 23.0 Å². The molecule has 33 heavy (non-hydrogen) atoms. The van der Waals surface area contributed by atoms with E-state index in [1.54, 1.807) is 23.0 Å². The molecule has 0 saturated carbocycles. The van der Waals surface area contributed by atoms with Gasteiger partial charge < -0.3 is 5.32 Å². The van der Waals surface area contributed by atoms with Crippen LogP contribution in [0.4, 0.5) is 5.82 Å². The number of anilines is 1. The molecular formula is C23H22BrClN6OS. The predicted octanol–water partition coefficient (Wildman–Crippen LogP) is 5.05. The molecule has 0 spiro atoms. The van der Waals surface area contributed by atoms with E-state index in [4.69, 9.17) is 16.6 Å². The fourth-order valence-corrected chi connectivity index (χ4v) is 6.05. The van der Waals surface area contributed by atoms with Crippen LogP contribution >= 0.6 is 27.5 Å². The molecule has 2 atom stereocenters. The number of benzene rings is 1. The van der Waals surface area contributed by atoms with Gasteiger partial charge in [0, 0.05) is 44.0 Å². The molecule has 5 rings (SSSR count). The standard InChI is InChI=1S/C23H22BrClN6OS/c24-18-14-28-31-22(27-13-16-5-3-9-26-12-16)11-20(29-23(18)31)17-6-4-10-30(15-17)33(32)21-8-2-1-7-19(21)25/h1-3,5,7-9,11-12,14,17,27H,4,6,10,13,15H2. The fourth-order valence-electron chi connectivity index (χ4n) is 4.05. The molecule has 1 fully saturated rings. The summed E-state index contributed by atoms with van der Waals surface area (Å²) >= 11 is 9.88. The molecular weight excluding hydrogens is 524 g/mol. The smallest absolute Gasteiger partial charge is 0.171 e. The van der Waals surface area contributed by atoms with Crippen LogP contribution in [0.5, 0.6) is 0 Å². The van der Waals surface area contributed by atoms with Gasteiger partial charge >= 0.3 is 0 Å². The number of halogens is 2. The lowest BCUT2D eigenvalue weighted by atomic mass is 9.96. The number of aromatic nitrogens is 4. The molecule has 1 aliphatic rings. The highest BCUT2D eigenvalue weighted by Crippen LogP contribution is 2.32. The van der Waals surface area contributed by atoms with Gasteiger partial charge in [0.25, 0.3) is 0 Å². The summed E-state index contributed by atoms with van der Waals surface area (Å²) in [7, 11) is -1.31. The summed E-state index contributed by atoms with van der Waals surface area (Å²) in [5.74, 6) is 1.00. The summed E-state index contributed by atoms with van der Waals surface area (Å²) in [4.78, 5) is 9.75. The highest BCUT2D eigenvalue weighted by Gasteiger charge is 2.28. The second kappa shape index (κ2) is 9.89. The van der Waals surface area contributed by atoms with Crippen LogP contribution in [0.25, 0.3) is 5.65 Å². The minimum Gasteiger partial charge on any atom is -0.366 e. The van der Waals surface area contributed by atoms with Crippen molar-refractivity contribution in [3.63, 3.8) is 0 Å². The average Bonchev–Trinajstić information content (AvgIpc) is 3.24. The van der Waals surface area contributed by atoms with Crippen LogP contribution in [0.15, 0.2) is 70.4 Å². The highest BCUT2D eigenvalue weighted by molar-refractivity contribution is 9.10. The van der Waals surface area contributed by atoms with Crippen molar-refractivity contribution in [2.45, 2.75) is 30.2 Å². The number of pyridine rings is 1. The van der Waals surface area contributed by atoms with Gasteiger partial charge in [-0.1, -0.05) is 29.8 Å². The van der Waals surface area contributed by atoms with Gasteiger partial charge in [0.15, 0.2) is 5.65 Å². The fraction of sp³-hybridized carbons (Fsp3) is 0.261. The number of nitrogens with one attached hydrogen (secondary N) is 1. The lowest BCUT2D eigenvalue weighted by Gasteiger charge is -2.31. The van der Waals surface area contributed by atoms with Crippen LogP contribution in [0.3, 0.4) is 0 Å². The maximum absolute atomic E-state index is 13.2. The molecule has 4 heterocycles. The lowest BCUT2D eigenvalue weighted by molar-refractivity contribution is 0.327. The molecule has 1 aliphatic heterocycles. The largest absolute Gasteiger partial charge is 0.366 e. The second-order valence-corrected chi connectivity index (χ2v) is 10.6. The Labute approximate surface area is 207 Å². The summed E-state index contributed by atoms with van der Waals surface area (Å²) in [6, 6.07) is 13.3. The van der Waals surface area contributed by atoms with Gasteiger partial charge in [0.1, 0.15) is 16.8 Å². The van der Waals surface area contributed by atoms with Crippen LogP contribution in [-0.2, 0) is 17.5 Å². The van der Waals surface area contributed by atoms with E-state index in [1.165, 1.54) is 0 Å². The lowest BCUT2D eigenvalue weighted by Crippen LogP contribution is -2.36. The molecule has 0 aliphatic carbocycles. The number of fused-ring (bicyclic) bond motifs is 1. The van der Waals surface area contributed by atoms with Gasteiger partial charge in [-0.05, 0) is 52.5 Å². The van der Waals surface area contributed by atoms with Gasteiger partial charge in [-0.3, -0.25) is 4.98 Å². The van der Waals surface area contributed by atoms with Crippen molar-refractivity contribution in [3.8, 4) is 0 Å². The van der Waals surface area contributed by atoms with Gasteiger partial charge in [-0.15, -0.1) is 0 Å². The third kappa shape index (κ3) is 4.82. The monoisotopic (exact) mass is 544 g/mol. The zero-order valence-corrected chi connectivity index (χ0v) is 20.9. The van der Waals surface area contributed by atoms with Crippen molar-refractivity contribution in [3.05, 3.63) is 81.8 Å². The van der Waals surface area contributed by atoms with Crippen LogP contribution < -0.4 is 5.32 Å². The third-order valence-corrected chi connectivity index (χ3v) is 8.24. The predicted molar refractivity (Wildman–Crippen MR) is 134 cm³/mol. The molecule has 1 aromatic carbocycles. The molecule has 2 unspecified atom stereocenters. The molecule has 4 aromatic rings. The van der Waals surface area contributed by atoms with E-state index < -0.39 is 11.0 Å². The molecule has 3 aromatic heterocycles. The Morgan fingerprint density at radius 3 is 2.91 bits per heavy atom. The Hall–Kier alpha value is -2.33. The Morgan fingerprint density at radius 1 is 1.21 bits per heavy atom. The van der Waals surface area contributed by atoms with E-state index in [0.717, 1.165) is 46.6 Å². The van der Waals surface area contributed by atoms with Crippen molar-refractivity contribution in [1.29, 1.82) is 0 Å². The minimum absolute atomic E-state index is 0.149. The van der Waals surface area contributed by atoms with Gasteiger partial charge in [-0.25, -0.2) is 13.5 Å². The van der Waals surface area contributed by atoms with E-state index in [1.807, 2.05) is 40.8 Å². The first-order valence-corrected chi connectivity index (χ1v) is 13.0. The van der Waals surface area contributed by atoms with Crippen LogP contribution in [0.2, 0.25) is 5.02 Å². The van der Waals surface area contributed by atoms with E-state index in [-0.39, 0.29) is 5.92 Å². The van der Waals surface area contributed by atoms with Crippen LogP contribution in [0, 0.1) is 0 Å². The Balaban J connectivity index is 1.42. The summed E-state index contributed by atoms with van der Waals surface area (Å²) < 4.78 is 17.9. The van der Waals surface area contributed by atoms with Gasteiger partial charge in [0.05, 0.1) is 26.3 Å². The van der Waals surface area contributed by atoms with E-state index in [9.17, 15) is 4.21 Å². The Kier molecular flexibility index (Phi) is 6.73. The molecule has 7 nitrogen and oxygen atoms in total. The number of rotatable bonds is 6. The quantitative estimate of drug-likeness (QED) is 0.367. The van der Waals surface area contributed by atoms with Gasteiger partial charge in [-0.2, -0.15) is 9.61 Å². The highest BCUT2D eigenvalue weighted by atomic mass is 79.9. The SMILES string of the molecule is O=S(c1ccccc1Cl)N1CCCC(c2cc(NCc3cccnc3)n3ncc(Br)c3n2)C1. The molecule has 170 valence electrons. The van der Waals surface area contributed by atoms with Crippen molar-refractivity contribution in [2.24, 2.45) is 0 Å². The van der Waals surface area contributed by atoms with Crippen LogP contribution in [-0.4, -0.2) is 41.2 Å². The van der Waals surface area contributed by atoms with E-state index >= 15 is 0 Å². The first-order chi connectivity index (χ1) is 16.1. The normalized spacial score (nSPS) is 17.8. The molecule has 10 heteroatoms. The van der Waals surface area contributed by atoms with Crippen molar-refractivity contribution < 1.29 is 4.21 Å². The first-order valence-electron chi connectivity index (χ1n) is 10.7. The molecule has 0 bridgehead atoms. The summed E-state index contributed by atoms with van der Waals surface area (Å²) in [5, 5.41) is 8.47. The maximum Gasteiger partial charge on any atom is 0.171 e. The van der Waals surface area contributed by atoms with Crippen molar-refractivity contribution >= 4 is 50.0 Å². The first kappa shape index (κ1) is 22.5. The minimum atomic E-state index is -1.31. The number of nitrogens with zero attached hydrogens (tertiary/aromatic N) is 5. The molecule has 0 radical (unpaired) electrons. The third-order valence-electron chi connectivity index (χ3n) is 5.71. The summed E-state index contributed by atoms with van der Waals surface area (Å²) in [5.41, 5.74) is 2.79. The van der Waals surface area contributed by atoms with Crippen molar-refractivity contribution in [1.82, 2.24) is 23.9 Å². The number of hydrogen-bond donors (Lipinski definition) is 1. The maximum atomic E-state index is 13.2. The van der Waals surface area contributed by atoms with E-state index in [2.05, 4.69) is 37.4 Å². The second-order valence-electron chi connectivity index (χ2n) is 7.92.